The highest BCUT2D eigenvalue weighted by Gasteiger charge is 2.25. The summed E-state index contributed by atoms with van der Waals surface area (Å²) < 4.78 is 0. The normalized spacial score (nSPS) is 22.9. The van der Waals surface area contributed by atoms with Gasteiger partial charge in [-0.2, -0.15) is 0 Å². The molecule has 2 atom stereocenters. The molecular formula is C17H30N4. The van der Waals surface area contributed by atoms with Crippen LogP contribution in [0.4, 0.5) is 11.6 Å². The van der Waals surface area contributed by atoms with Crippen molar-refractivity contribution in [2.24, 2.45) is 5.92 Å². The molecule has 1 saturated carbocycles. The molecule has 4 nitrogen and oxygen atoms in total. The Hall–Kier alpha value is -1.32. The van der Waals surface area contributed by atoms with Crippen LogP contribution in [-0.4, -0.2) is 23.1 Å². The van der Waals surface area contributed by atoms with Crippen molar-refractivity contribution < 1.29 is 0 Å². The molecule has 118 valence electrons. The lowest BCUT2D eigenvalue weighted by atomic mass is 9.83. The summed E-state index contributed by atoms with van der Waals surface area (Å²) in [6.07, 6.45) is 6.53. The first-order valence-electron chi connectivity index (χ1n) is 8.28. The molecule has 0 saturated heterocycles. The van der Waals surface area contributed by atoms with E-state index in [2.05, 4.69) is 43.3 Å². The van der Waals surface area contributed by atoms with Gasteiger partial charge in [0.25, 0.3) is 0 Å². The summed E-state index contributed by atoms with van der Waals surface area (Å²) in [6, 6.07) is 2.58. The Morgan fingerprint density at radius 1 is 1.14 bits per heavy atom. The second-order valence-electron chi connectivity index (χ2n) is 7.17. The van der Waals surface area contributed by atoms with Crippen LogP contribution < -0.4 is 10.6 Å². The Bertz CT molecular complexity index is 464. The van der Waals surface area contributed by atoms with E-state index in [4.69, 9.17) is 4.98 Å². The number of nitrogens with zero attached hydrogens (tertiary/aromatic N) is 2. The SMILES string of the molecule is CCC1CCCCC1Nc1cc(NC)nc(C(C)(C)C)n1. The maximum atomic E-state index is 4.75. The van der Waals surface area contributed by atoms with Crippen LogP contribution >= 0.6 is 0 Å². The van der Waals surface area contributed by atoms with Crippen molar-refractivity contribution in [3.63, 3.8) is 0 Å². The lowest BCUT2D eigenvalue weighted by Gasteiger charge is -2.32. The highest BCUT2D eigenvalue weighted by molar-refractivity contribution is 5.48. The molecule has 0 aromatic carbocycles. The zero-order chi connectivity index (χ0) is 15.5. The van der Waals surface area contributed by atoms with E-state index in [1.807, 2.05) is 13.1 Å². The maximum Gasteiger partial charge on any atom is 0.138 e. The molecule has 0 aliphatic heterocycles. The van der Waals surface area contributed by atoms with Crippen molar-refractivity contribution in [2.45, 2.75) is 71.3 Å². The van der Waals surface area contributed by atoms with E-state index in [0.29, 0.717) is 6.04 Å². The van der Waals surface area contributed by atoms with Gasteiger partial charge in [-0.25, -0.2) is 9.97 Å². The van der Waals surface area contributed by atoms with Gasteiger partial charge in [0.05, 0.1) is 0 Å². The lowest BCUT2D eigenvalue weighted by molar-refractivity contribution is 0.316. The van der Waals surface area contributed by atoms with Gasteiger partial charge in [0.1, 0.15) is 17.5 Å². The highest BCUT2D eigenvalue weighted by atomic mass is 15.1. The summed E-state index contributed by atoms with van der Waals surface area (Å²) in [5.41, 5.74) is -0.0417. The van der Waals surface area contributed by atoms with E-state index in [1.54, 1.807) is 0 Å². The molecule has 0 spiro atoms. The molecule has 2 unspecified atom stereocenters. The minimum absolute atomic E-state index is 0.0417. The summed E-state index contributed by atoms with van der Waals surface area (Å²) in [5, 5.41) is 6.83. The summed E-state index contributed by atoms with van der Waals surface area (Å²) in [4.78, 5) is 9.35. The third-order valence-corrected chi connectivity index (χ3v) is 4.42. The molecule has 1 aromatic heterocycles. The van der Waals surface area contributed by atoms with Crippen molar-refractivity contribution >= 4 is 11.6 Å². The molecule has 2 rings (SSSR count). The minimum Gasteiger partial charge on any atom is -0.373 e. The number of aromatic nitrogens is 2. The fourth-order valence-corrected chi connectivity index (χ4v) is 3.06. The number of hydrogen-bond donors (Lipinski definition) is 2. The van der Waals surface area contributed by atoms with Crippen molar-refractivity contribution in [1.82, 2.24) is 9.97 Å². The van der Waals surface area contributed by atoms with Crippen LogP contribution in [-0.2, 0) is 5.41 Å². The number of rotatable bonds is 4. The molecule has 2 N–H and O–H groups in total. The molecular weight excluding hydrogens is 260 g/mol. The van der Waals surface area contributed by atoms with Crippen molar-refractivity contribution in [2.75, 3.05) is 17.7 Å². The average molecular weight is 290 g/mol. The number of anilines is 2. The lowest BCUT2D eigenvalue weighted by Crippen LogP contribution is -2.32. The molecule has 4 heteroatoms. The number of nitrogens with one attached hydrogen (secondary N) is 2. The zero-order valence-corrected chi connectivity index (χ0v) is 14.2. The molecule has 1 aromatic rings. The van der Waals surface area contributed by atoms with E-state index in [1.165, 1.54) is 32.1 Å². The third kappa shape index (κ3) is 4.08. The van der Waals surface area contributed by atoms with Crippen LogP contribution in [0.3, 0.4) is 0 Å². The smallest absolute Gasteiger partial charge is 0.138 e. The van der Waals surface area contributed by atoms with Gasteiger partial charge >= 0.3 is 0 Å². The molecule has 0 radical (unpaired) electrons. The molecule has 1 heterocycles. The van der Waals surface area contributed by atoms with E-state index in [0.717, 1.165) is 23.4 Å². The van der Waals surface area contributed by atoms with Crippen LogP contribution in [0.15, 0.2) is 6.07 Å². The van der Waals surface area contributed by atoms with E-state index >= 15 is 0 Å². The summed E-state index contributed by atoms with van der Waals surface area (Å²) >= 11 is 0. The number of hydrogen-bond acceptors (Lipinski definition) is 4. The first kappa shape index (κ1) is 16.1. The molecule has 1 aliphatic rings. The molecule has 21 heavy (non-hydrogen) atoms. The molecule has 0 bridgehead atoms. The van der Waals surface area contributed by atoms with E-state index in [9.17, 15) is 0 Å². The maximum absolute atomic E-state index is 4.75. The Labute approximate surface area is 129 Å². The van der Waals surface area contributed by atoms with Gasteiger partial charge < -0.3 is 10.6 Å². The van der Waals surface area contributed by atoms with Gasteiger partial charge in [0.15, 0.2) is 0 Å². The zero-order valence-electron chi connectivity index (χ0n) is 14.2. The van der Waals surface area contributed by atoms with Gasteiger partial charge in [-0.15, -0.1) is 0 Å². The predicted molar refractivity (Wildman–Crippen MR) is 89.9 cm³/mol. The standard InChI is InChI=1S/C17H30N4/c1-6-12-9-7-8-10-13(12)19-15-11-14(18-5)20-16(21-15)17(2,3)4/h11-13H,6-10H2,1-5H3,(H2,18,19,20,21). The topological polar surface area (TPSA) is 49.8 Å². The first-order valence-corrected chi connectivity index (χ1v) is 8.28. The Morgan fingerprint density at radius 2 is 1.81 bits per heavy atom. The largest absolute Gasteiger partial charge is 0.373 e. The highest BCUT2D eigenvalue weighted by Crippen LogP contribution is 2.30. The van der Waals surface area contributed by atoms with Gasteiger partial charge in [-0.1, -0.05) is 47.0 Å². The van der Waals surface area contributed by atoms with Crippen molar-refractivity contribution in [3.05, 3.63) is 11.9 Å². The van der Waals surface area contributed by atoms with Crippen LogP contribution in [0.25, 0.3) is 0 Å². The van der Waals surface area contributed by atoms with E-state index in [-0.39, 0.29) is 5.41 Å². The fraction of sp³-hybridized carbons (Fsp3) is 0.765. The van der Waals surface area contributed by atoms with Gasteiger partial charge in [0, 0.05) is 24.6 Å². The molecule has 1 fully saturated rings. The Kier molecular flexibility index (Phi) is 5.07. The van der Waals surface area contributed by atoms with Gasteiger partial charge in [0.2, 0.25) is 0 Å². The van der Waals surface area contributed by atoms with Crippen molar-refractivity contribution in [1.29, 1.82) is 0 Å². The van der Waals surface area contributed by atoms with E-state index < -0.39 is 0 Å². The van der Waals surface area contributed by atoms with Crippen LogP contribution in [0.2, 0.25) is 0 Å². The monoisotopic (exact) mass is 290 g/mol. The Morgan fingerprint density at radius 3 is 2.43 bits per heavy atom. The van der Waals surface area contributed by atoms with Crippen LogP contribution in [0, 0.1) is 5.92 Å². The fourth-order valence-electron chi connectivity index (χ4n) is 3.06. The summed E-state index contributed by atoms with van der Waals surface area (Å²) in [6.45, 7) is 8.76. The van der Waals surface area contributed by atoms with Crippen molar-refractivity contribution in [3.8, 4) is 0 Å². The quantitative estimate of drug-likeness (QED) is 0.872. The predicted octanol–water partition coefficient (Wildman–Crippen LogP) is 4.20. The van der Waals surface area contributed by atoms with Crippen LogP contribution in [0.1, 0.15) is 65.6 Å². The average Bonchev–Trinajstić information content (AvgIpc) is 2.46. The summed E-state index contributed by atoms with van der Waals surface area (Å²) in [5.74, 6) is 3.51. The first-order chi connectivity index (χ1) is 9.94. The third-order valence-electron chi connectivity index (χ3n) is 4.42. The second kappa shape index (κ2) is 6.63. The molecule has 1 aliphatic carbocycles. The summed E-state index contributed by atoms with van der Waals surface area (Å²) in [7, 11) is 1.91. The van der Waals surface area contributed by atoms with Gasteiger partial charge in [-0.3, -0.25) is 0 Å². The Balaban J connectivity index is 2.22. The minimum atomic E-state index is -0.0417. The van der Waals surface area contributed by atoms with Crippen LogP contribution in [0.5, 0.6) is 0 Å². The molecule has 0 amide bonds. The second-order valence-corrected chi connectivity index (χ2v) is 7.17. The van der Waals surface area contributed by atoms with Gasteiger partial charge in [-0.05, 0) is 18.8 Å².